The molecule has 0 N–H and O–H groups in total. The van der Waals surface area contributed by atoms with Gasteiger partial charge < -0.3 is 9.47 Å². The van der Waals surface area contributed by atoms with Crippen molar-refractivity contribution >= 4 is 35.6 Å². The molecule has 0 aromatic heterocycles. The van der Waals surface area contributed by atoms with E-state index >= 15 is 0 Å². The highest BCUT2D eigenvalue weighted by Crippen LogP contribution is 2.26. The lowest BCUT2D eigenvalue weighted by Crippen LogP contribution is -2.34. The molecule has 0 fully saturated rings. The molecule has 48 heavy (non-hydrogen) atoms. The van der Waals surface area contributed by atoms with Gasteiger partial charge in [0.2, 0.25) is 0 Å². The molecular formula is C40H38N4O4. The van der Waals surface area contributed by atoms with Crippen molar-refractivity contribution in [3.8, 4) is 11.5 Å². The maximum atomic E-state index is 13.6. The number of methoxy groups -OCH3 is 2. The quantitative estimate of drug-likeness (QED) is 0.114. The highest BCUT2D eigenvalue weighted by atomic mass is 16.5. The van der Waals surface area contributed by atoms with Gasteiger partial charge in [0.15, 0.2) is 0 Å². The van der Waals surface area contributed by atoms with Gasteiger partial charge in [-0.3, -0.25) is 19.4 Å². The van der Waals surface area contributed by atoms with E-state index in [1.807, 2.05) is 121 Å². The Hall–Kier alpha value is -5.76. The van der Waals surface area contributed by atoms with Gasteiger partial charge in [-0.2, -0.15) is 0 Å². The number of benzene rings is 4. The lowest BCUT2D eigenvalue weighted by Gasteiger charge is -2.20. The second-order valence-corrected chi connectivity index (χ2v) is 11.5. The molecule has 0 saturated carbocycles. The number of carbonyl (C=O) groups is 2. The Morgan fingerprint density at radius 3 is 1.25 bits per heavy atom. The summed E-state index contributed by atoms with van der Waals surface area (Å²) in [7, 11) is 3.26. The molecule has 8 nitrogen and oxygen atoms in total. The van der Waals surface area contributed by atoms with Crippen LogP contribution in [0.4, 0.5) is 0 Å². The normalized spacial score (nSPS) is 16.1. The predicted molar refractivity (Wildman–Crippen MR) is 190 cm³/mol. The number of carbonyl (C=O) groups excluding carboxylic acids is 2. The zero-order chi connectivity index (χ0) is 33.3. The van der Waals surface area contributed by atoms with Gasteiger partial charge in [-0.25, -0.2) is 9.98 Å². The van der Waals surface area contributed by atoms with Crippen LogP contribution in [0.3, 0.4) is 0 Å². The van der Waals surface area contributed by atoms with Crippen LogP contribution in [0.2, 0.25) is 0 Å². The molecule has 2 amide bonds. The summed E-state index contributed by atoms with van der Waals surface area (Å²) in [6.45, 7) is 1.09. The molecule has 0 radical (unpaired) electrons. The first-order valence-corrected chi connectivity index (χ1v) is 16.2. The minimum absolute atomic E-state index is 0.106. The highest BCUT2D eigenvalue weighted by Gasteiger charge is 2.32. The molecule has 0 saturated heterocycles. The van der Waals surface area contributed by atoms with Gasteiger partial charge in [-0.1, -0.05) is 73.5 Å². The van der Waals surface area contributed by atoms with E-state index in [-0.39, 0.29) is 11.8 Å². The lowest BCUT2D eigenvalue weighted by molar-refractivity contribution is -0.123. The van der Waals surface area contributed by atoms with E-state index < -0.39 is 0 Å². The van der Waals surface area contributed by atoms with Gasteiger partial charge in [0.05, 0.1) is 14.2 Å². The summed E-state index contributed by atoms with van der Waals surface area (Å²) in [6, 6.07) is 34.7. The molecule has 6 rings (SSSR count). The molecule has 0 atom stereocenters. The average Bonchev–Trinajstić information content (AvgIpc) is 3.61. The molecule has 2 aliphatic heterocycles. The fourth-order valence-corrected chi connectivity index (χ4v) is 5.74. The Kier molecular flexibility index (Phi) is 10.2. The number of amidine groups is 2. The Morgan fingerprint density at radius 2 is 0.896 bits per heavy atom. The molecule has 0 aliphatic carbocycles. The van der Waals surface area contributed by atoms with Crippen molar-refractivity contribution in [2.45, 2.75) is 25.7 Å². The van der Waals surface area contributed by atoms with Crippen molar-refractivity contribution in [1.82, 2.24) is 9.80 Å². The molecule has 0 spiro atoms. The van der Waals surface area contributed by atoms with Crippen LogP contribution in [-0.2, 0) is 9.59 Å². The smallest absolute Gasteiger partial charge is 0.278 e. The van der Waals surface area contributed by atoms with Crippen molar-refractivity contribution in [3.05, 3.63) is 143 Å². The predicted octanol–water partition coefficient (Wildman–Crippen LogP) is 7.22. The van der Waals surface area contributed by atoms with Crippen LogP contribution in [0.5, 0.6) is 11.5 Å². The minimum Gasteiger partial charge on any atom is -0.497 e. The maximum Gasteiger partial charge on any atom is 0.278 e. The van der Waals surface area contributed by atoms with Crippen LogP contribution in [0.25, 0.3) is 12.2 Å². The summed E-state index contributed by atoms with van der Waals surface area (Å²) >= 11 is 0. The largest absolute Gasteiger partial charge is 0.497 e. The average molecular weight is 639 g/mol. The van der Waals surface area contributed by atoms with Crippen LogP contribution in [0.15, 0.2) is 131 Å². The highest BCUT2D eigenvalue weighted by molar-refractivity contribution is 6.20. The second kappa shape index (κ2) is 15.2. The second-order valence-electron chi connectivity index (χ2n) is 11.5. The molecule has 0 unspecified atom stereocenters. The van der Waals surface area contributed by atoms with E-state index in [0.717, 1.165) is 59.4 Å². The Labute approximate surface area is 281 Å². The molecule has 4 aromatic carbocycles. The number of hydrogen-bond acceptors (Lipinski definition) is 6. The van der Waals surface area contributed by atoms with Crippen molar-refractivity contribution in [2.24, 2.45) is 9.98 Å². The van der Waals surface area contributed by atoms with Gasteiger partial charge in [0, 0.05) is 24.2 Å². The summed E-state index contributed by atoms with van der Waals surface area (Å²) in [6.07, 6.45) is 7.04. The van der Waals surface area contributed by atoms with Gasteiger partial charge in [0.25, 0.3) is 11.8 Å². The van der Waals surface area contributed by atoms with E-state index in [9.17, 15) is 9.59 Å². The first kappa shape index (κ1) is 32.2. The SMILES string of the molecule is COc1ccc(C2=NC(=Cc3ccccc3)C(=O)N2CCCCCCN2C(=O)C(=Cc3ccccc3)N=C2c2ccc(OC)cc2)cc1. The Bertz CT molecular complexity index is 1720. The third-order valence-corrected chi connectivity index (χ3v) is 8.31. The lowest BCUT2D eigenvalue weighted by atomic mass is 10.1. The fraction of sp³-hybridized carbons (Fsp3) is 0.200. The van der Waals surface area contributed by atoms with Gasteiger partial charge in [-0.15, -0.1) is 0 Å². The van der Waals surface area contributed by atoms with E-state index in [2.05, 4.69) is 0 Å². The fourth-order valence-electron chi connectivity index (χ4n) is 5.74. The first-order valence-electron chi connectivity index (χ1n) is 16.2. The molecule has 2 heterocycles. The summed E-state index contributed by atoms with van der Waals surface area (Å²) in [4.78, 5) is 40.2. The number of aliphatic imine (C=N–C) groups is 2. The summed E-state index contributed by atoms with van der Waals surface area (Å²) < 4.78 is 10.7. The van der Waals surface area contributed by atoms with Gasteiger partial charge >= 0.3 is 0 Å². The first-order chi connectivity index (χ1) is 23.5. The van der Waals surface area contributed by atoms with Crippen LogP contribution in [0, 0.1) is 0 Å². The van der Waals surface area contributed by atoms with Crippen LogP contribution >= 0.6 is 0 Å². The molecule has 242 valence electrons. The van der Waals surface area contributed by atoms with E-state index in [0.29, 0.717) is 36.2 Å². The van der Waals surface area contributed by atoms with Crippen molar-refractivity contribution < 1.29 is 19.1 Å². The standard InChI is InChI=1S/C40H38N4O4/c1-47-33-21-17-31(18-22-33)37-41-35(27-29-13-7-5-8-14-29)39(45)43(37)25-11-3-4-12-26-44-38(32-19-23-34(48-2)24-20-32)42-36(40(44)46)28-30-15-9-6-10-16-30/h5-10,13-24,27-28H,3-4,11-12,25-26H2,1-2H3. The van der Waals surface area contributed by atoms with Gasteiger partial charge in [0.1, 0.15) is 34.6 Å². The summed E-state index contributed by atoms with van der Waals surface area (Å²) in [5.74, 6) is 2.57. The number of amides is 2. The molecular weight excluding hydrogens is 600 g/mol. The van der Waals surface area contributed by atoms with Crippen LogP contribution in [-0.4, -0.2) is 60.6 Å². The number of rotatable bonds is 13. The number of nitrogens with zero attached hydrogens (tertiary/aromatic N) is 4. The third kappa shape index (κ3) is 7.44. The van der Waals surface area contributed by atoms with Crippen molar-refractivity contribution in [2.75, 3.05) is 27.3 Å². The molecule has 8 heteroatoms. The summed E-state index contributed by atoms with van der Waals surface area (Å²) in [5, 5.41) is 0. The maximum absolute atomic E-state index is 13.6. The molecule has 4 aromatic rings. The monoisotopic (exact) mass is 638 g/mol. The van der Waals surface area contributed by atoms with Crippen molar-refractivity contribution in [1.29, 1.82) is 0 Å². The molecule has 0 bridgehead atoms. The van der Waals surface area contributed by atoms with Crippen LogP contribution < -0.4 is 9.47 Å². The topological polar surface area (TPSA) is 83.8 Å². The minimum atomic E-state index is -0.106. The van der Waals surface area contributed by atoms with Crippen molar-refractivity contribution in [3.63, 3.8) is 0 Å². The zero-order valence-corrected chi connectivity index (χ0v) is 27.2. The Balaban J connectivity index is 1.10. The number of ether oxygens (including phenoxy) is 2. The third-order valence-electron chi connectivity index (χ3n) is 8.31. The number of hydrogen-bond donors (Lipinski definition) is 0. The summed E-state index contributed by atoms with van der Waals surface area (Å²) in [5.41, 5.74) is 4.41. The molecule has 2 aliphatic rings. The van der Waals surface area contributed by atoms with E-state index in [1.165, 1.54) is 0 Å². The van der Waals surface area contributed by atoms with E-state index in [4.69, 9.17) is 19.5 Å². The zero-order valence-electron chi connectivity index (χ0n) is 27.2. The van der Waals surface area contributed by atoms with Gasteiger partial charge in [-0.05, 0) is 84.7 Å². The van der Waals surface area contributed by atoms with E-state index in [1.54, 1.807) is 24.0 Å². The van der Waals surface area contributed by atoms with Crippen LogP contribution in [0.1, 0.15) is 47.9 Å². The Morgan fingerprint density at radius 1 is 0.521 bits per heavy atom. The number of unbranched alkanes of at least 4 members (excludes halogenated alkanes) is 3.